The van der Waals surface area contributed by atoms with Crippen molar-refractivity contribution in [3.05, 3.63) is 76.9 Å². The average molecular weight is 446 g/mol. The monoisotopic (exact) mass is 445 g/mol. The van der Waals surface area contributed by atoms with Gasteiger partial charge in [-0.3, -0.25) is 0 Å². The van der Waals surface area contributed by atoms with Crippen molar-refractivity contribution in [2.45, 2.75) is 57.9 Å². The maximum atomic E-state index is 3.71. The quantitative estimate of drug-likeness (QED) is 0.482. The van der Waals surface area contributed by atoms with Crippen LogP contribution in [0.2, 0.25) is 0 Å². The fraction of sp³-hybridized carbons (Fsp3) is 0.533. The van der Waals surface area contributed by atoms with Crippen LogP contribution in [-0.2, 0) is 6.54 Å². The molecule has 2 aliphatic rings. The van der Waals surface area contributed by atoms with Crippen LogP contribution in [0, 0.1) is 0 Å². The van der Waals surface area contributed by atoms with Crippen molar-refractivity contribution in [1.82, 2.24) is 15.1 Å². The second-order valence-electron chi connectivity index (χ2n) is 10.0. The number of hydrogen-bond donors (Lipinski definition) is 1. The van der Waals surface area contributed by atoms with Gasteiger partial charge in [0.05, 0.1) is 0 Å². The summed E-state index contributed by atoms with van der Waals surface area (Å²) in [4.78, 5) is 5.28. The summed E-state index contributed by atoms with van der Waals surface area (Å²) in [6.45, 7) is 11.7. The maximum Gasteiger partial charge on any atom is 0.0211 e. The number of piperidine rings is 1. The molecule has 2 saturated heterocycles. The topological polar surface area (TPSA) is 18.5 Å². The molecule has 2 heterocycles. The largest absolute Gasteiger partial charge is 0.311 e. The van der Waals surface area contributed by atoms with Crippen molar-refractivity contribution in [2.24, 2.45) is 0 Å². The summed E-state index contributed by atoms with van der Waals surface area (Å²) in [5.74, 6) is 0.595. The van der Waals surface area contributed by atoms with Crippen LogP contribution in [0.1, 0.15) is 68.1 Å². The molecule has 0 saturated carbocycles. The Morgan fingerprint density at radius 2 is 1.52 bits per heavy atom. The second kappa shape index (κ2) is 13.1. The third-order valence-corrected chi connectivity index (χ3v) is 7.43. The smallest absolute Gasteiger partial charge is 0.0211 e. The standard InChI is InChI=1S/C30H43N3/c1-26(28-11-5-4-6-12-28)25-33-20-15-27(16-21-33)23-29-13-7-8-14-30(29)24-31-17-22-32-18-9-2-3-10-19-32/h4-8,11-14,23,26,31H,2-3,9-10,15-22,24-25H2,1H3. The SMILES string of the molecule is CC(CN1CCC(=Cc2ccccc2CNCCN2CCCCCC2)CC1)c1ccccc1. The Bertz CT molecular complexity index is 842. The van der Waals surface area contributed by atoms with E-state index in [9.17, 15) is 0 Å². The van der Waals surface area contributed by atoms with Gasteiger partial charge in [-0.2, -0.15) is 0 Å². The van der Waals surface area contributed by atoms with Crippen LogP contribution in [0.25, 0.3) is 6.08 Å². The molecule has 178 valence electrons. The molecule has 2 aromatic rings. The van der Waals surface area contributed by atoms with Crippen LogP contribution < -0.4 is 5.32 Å². The zero-order chi connectivity index (χ0) is 22.7. The third kappa shape index (κ3) is 7.81. The Balaban J connectivity index is 1.24. The van der Waals surface area contributed by atoms with Crippen molar-refractivity contribution in [1.29, 1.82) is 0 Å². The first-order valence-electron chi connectivity index (χ1n) is 13.3. The molecule has 0 spiro atoms. The van der Waals surface area contributed by atoms with Gasteiger partial charge in [-0.25, -0.2) is 0 Å². The van der Waals surface area contributed by atoms with E-state index in [-0.39, 0.29) is 0 Å². The predicted octanol–water partition coefficient (Wildman–Crippen LogP) is 5.94. The Morgan fingerprint density at radius 1 is 0.818 bits per heavy atom. The zero-order valence-corrected chi connectivity index (χ0v) is 20.6. The lowest BCUT2D eigenvalue weighted by Crippen LogP contribution is -2.33. The molecule has 33 heavy (non-hydrogen) atoms. The highest BCUT2D eigenvalue weighted by Crippen LogP contribution is 2.24. The third-order valence-electron chi connectivity index (χ3n) is 7.43. The lowest BCUT2D eigenvalue weighted by Gasteiger charge is -2.31. The molecule has 3 nitrogen and oxygen atoms in total. The number of hydrogen-bond acceptors (Lipinski definition) is 3. The minimum atomic E-state index is 0.595. The van der Waals surface area contributed by atoms with E-state index in [0.29, 0.717) is 5.92 Å². The first kappa shape index (κ1) is 24.2. The van der Waals surface area contributed by atoms with E-state index in [1.165, 1.54) is 87.9 Å². The van der Waals surface area contributed by atoms with E-state index in [4.69, 9.17) is 0 Å². The van der Waals surface area contributed by atoms with Gasteiger partial charge in [-0.15, -0.1) is 0 Å². The molecule has 0 aliphatic carbocycles. The van der Waals surface area contributed by atoms with Crippen molar-refractivity contribution in [3.63, 3.8) is 0 Å². The van der Waals surface area contributed by atoms with Crippen LogP contribution in [-0.4, -0.2) is 55.6 Å². The fourth-order valence-electron chi connectivity index (χ4n) is 5.32. The Morgan fingerprint density at radius 3 is 2.27 bits per heavy atom. The number of benzene rings is 2. The molecule has 2 aromatic carbocycles. The number of likely N-dealkylation sites (tertiary alicyclic amines) is 2. The van der Waals surface area contributed by atoms with Crippen LogP contribution >= 0.6 is 0 Å². The average Bonchev–Trinajstić information content (AvgIpc) is 3.13. The van der Waals surface area contributed by atoms with Gasteiger partial charge in [-0.05, 0) is 61.4 Å². The molecule has 1 atom stereocenters. The van der Waals surface area contributed by atoms with E-state index in [0.717, 1.165) is 19.6 Å². The molecule has 2 fully saturated rings. The minimum Gasteiger partial charge on any atom is -0.311 e. The van der Waals surface area contributed by atoms with E-state index >= 15 is 0 Å². The van der Waals surface area contributed by atoms with Crippen LogP contribution in [0.4, 0.5) is 0 Å². The van der Waals surface area contributed by atoms with E-state index < -0.39 is 0 Å². The fourth-order valence-corrected chi connectivity index (χ4v) is 5.32. The number of nitrogens with zero attached hydrogens (tertiary/aromatic N) is 2. The highest BCUT2D eigenvalue weighted by molar-refractivity contribution is 5.57. The summed E-state index contributed by atoms with van der Waals surface area (Å²) in [5, 5.41) is 3.71. The first-order valence-corrected chi connectivity index (χ1v) is 13.3. The van der Waals surface area contributed by atoms with E-state index in [2.05, 4.69) is 82.7 Å². The number of nitrogens with one attached hydrogen (secondary N) is 1. The summed E-state index contributed by atoms with van der Waals surface area (Å²) in [7, 11) is 0. The first-order chi connectivity index (χ1) is 16.3. The summed E-state index contributed by atoms with van der Waals surface area (Å²) >= 11 is 0. The highest BCUT2D eigenvalue weighted by atomic mass is 15.1. The molecule has 0 amide bonds. The van der Waals surface area contributed by atoms with E-state index in [1.807, 2.05) is 0 Å². The Kier molecular flexibility index (Phi) is 9.59. The Labute approximate surface area is 201 Å². The predicted molar refractivity (Wildman–Crippen MR) is 142 cm³/mol. The van der Waals surface area contributed by atoms with Crippen molar-refractivity contribution in [2.75, 3.05) is 45.8 Å². The minimum absolute atomic E-state index is 0.595. The molecule has 0 bridgehead atoms. The molecule has 1 N–H and O–H groups in total. The lowest BCUT2D eigenvalue weighted by atomic mass is 9.96. The van der Waals surface area contributed by atoms with Crippen molar-refractivity contribution >= 4 is 6.08 Å². The van der Waals surface area contributed by atoms with Gasteiger partial charge >= 0.3 is 0 Å². The maximum absolute atomic E-state index is 3.71. The second-order valence-corrected chi connectivity index (χ2v) is 10.0. The molecule has 0 aromatic heterocycles. The molecule has 1 unspecified atom stereocenters. The van der Waals surface area contributed by atoms with Crippen molar-refractivity contribution in [3.8, 4) is 0 Å². The molecule has 0 radical (unpaired) electrons. The molecular weight excluding hydrogens is 402 g/mol. The van der Waals surface area contributed by atoms with Gasteiger partial charge in [0.1, 0.15) is 0 Å². The lowest BCUT2D eigenvalue weighted by molar-refractivity contribution is 0.245. The van der Waals surface area contributed by atoms with Gasteiger partial charge in [0.2, 0.25) is 0 Å². The van der Waals surface area contributed by atoms with Crippen LogP contribution in [0.5, 0.6) is 0 Å². The highest BCUT2D eigenvalue weighted by Gasteiger charge is 2.17. The van der Waals surface area contributed by atoms with Gasteiger partial charge in [0.15, 0.2) is 0 Å². The summed E-state index contributed by atoms with van der Waals surface area (Å²) in [6, 6.07) is 19.9. The molecule has 3 heteroatoms. The zero-order valence-electron chi connectivity index (χ0n) is 20.6. The van der Waals surface area contributed by atoms with Crippen LogP contribution in [0.15, 0.2) is 60.2 Å². The summed E-state index contributed by atoms with van der Waals surface area (Å²) in [6.07, 6.45) is 10.4. The normalized spacial score (nSPS) is 19.2. The molecular formula is C30H43N3. The van der Waals surface area contributed by atoms with Gasteiger partial charge < -0.3 is 15.1 Å². The Hall–Kier alpha value is -1.94. The summed E-state index contributed by atoms with van der Waals surface area (Å²) < 4.78 is 0. The van der Waals surface area contributed by atoms with Gasteiger partial charge in [-0.1, -0.05) is 86.0 Å². The van der Waals surface area contributed by atoms with Gasteiger partial charge in [0.25, 0.3) is 0 Å². The van der Waals surface area contributed by atoms with E-state index in [1.54, 1.807) is 5.57 Å². The number of rotatable bonds is 9. The van der Waals surface area contributed by atoms with Crippen LogP contribution in [0.3, 0.4) is 0 Å². The molecule has 2 aliphatic heterocycles. The van der Waals surface area contributed by atoms with Gasteiger partial charge in [0, 0.05) is 39.3 Å². The molecule has 4 rings (SSSR count). The van der Waals surface area contributed by atoms with Crippen molar-refractivity contribution < 1.29 is 0 Å². The summed E-state index contributed by atoms with van der Waals surface area (Å²) in [5.41, 5.74) is 5.90.